The van der Waals surface area contributed by atoms with E-state index in [0.717, 1.165) is 45.3 Å². The van der Waals surface area contributed by atoms with Gasteiger partial charge in [0.25, 0.3) is 0 Å². The molecule has 2 aliphatic rings. The number of nitrogens with zero attached hydrogens (tertiary/aromatic N) is 1. The summed E-state index contributed by atoms with van der Waals surface area (Å²) in [5.41, 5.74) is 5.35. The zero-order chi connectivity index (χ0) is 12.1. The molecule has 0 aliphatic carbocycles. The van der Waals surface area contributed by atoms with Crippen LogP contribution in [-0.4, -0.2) is 17.7 Å². The van der Waals surface area contributed by atoms with Crippen LogP contribution in [0.5, 0.6) is 0 Å². The van der Waals surface area contributed by atoms with Crippen molar-refractivity contribution >= 4 is 10.9 Å². The molecule has 0 saturated heterocycles. The Morgan fingerprint density at radius 1 is 1.11 bits per heavy atom. The molecule has 1 N–H and O–H groups in total. The summed E-state index contributed by atoms with van der Waals surface area (Å²) < 4.78 is 16.2. The molecule has 0 atom stereocenters. The first-order chi connectivity index (χ1) is 8.84. The predicted molar refractivity (Wildman–Crippen MR) is 70.5 cm³/mol. The van der Waals surface area contributed by atoms with E-state index in [-0.39, 0.29) is 5.82 Å². The number of fused-ring (bicyclic) bond motifs is 3. The third kappa shape index (κ3) is 1.37. The molecule has 4 rings (SSSR count). The minimum absolute atomic E-state index is 0.0726. The van der Waals surface area contributed by atoms with Crippen molar-refractivity contribution in [1.82, 2.24) is 9.88 Å². The summed E-state index contributed by atoms with van der Waals surface area (Å²) in [5, 5.41) is 4.61. The number of halogens is 1. The van der Waals surface area contributed by atoms with Crippen molar-refractivity contribution in [3.8, 4) is 0 Å². The Hall–Kier alpha value is -1.35. The lowest BCUT2D eigenvalue weighted by molar-refractivity contribution is 0.594. The van der Waals surface area contributed by atoms with Crippen molar-refractivity contribution in [2.24, 2.45) is 0 Å². The van der Waals surface area contributed by atoms with Gasteiger partial charge in [0, 0.05) is 30.6 Å². The maximum Gasteiger partial charge on any atom is 0.124 e. The zero-order valence-electron chi connectivity index (χ0n) is 10.4. The molecule has 3 heteroatoms. The van der Waals surface area contributed by atoms with Crippen LogP contribution in [0.25, 0.3) is 10.9 Å². The van der Waals surface area contributed by atoms with Crippen molar-refractivity contribution in [2.75, 3.05) is 13.1 Å². The van der Waals surface area contributed by atoms with E-state index >= 15 is 0 Å². The summed E-state index contributed by atoms with van der Waals surface area (Å²) >= 11 is 0. The van der Waals surface area contributed by atoms with E-state index in [4.69, 9.17) is 0 Å². The molecule has 94 valence electrons. The number of aromatic nitrogens is 1. The normalized spacial score (nSPS) is 18.7. The van der Waals surface area contributed by atoms with Crippen LogP contribution in [-0.2, 0) is 25.8 Å². The average Bonchev–Trinajstić information content (AvgIpc) is 2.55. The molecular weight excluding hydrogens is 227 g/mol. The first-order valence-corrected chi connectivity index (χ1v) is 6.87. The van der Waals surface area contributed by atoms with Gasteiger partial charge in [0.1, 0.15) is 5.82 Å². The Labute approximate surface area is 106 Å². The molecule has 0 radical (unpaired) electrons. The fraction of sp³-hybridized carbons (Fsp3) is 0.467. The molecule has 0 unspecified atom stereocenters. The third-order valence-electron chi connectivity index (χ3n) is 4.34. The Morgan fingerprint density at radius 2 is 2.00 bits per heavy atom. The predicted octanol–water partition coefficient (Wildman–Crippen LogP) is 2.41. The summed E-state index contributed by atoms with van der Waals surface area (Å²) in [6.07, 6.45) is 4.27. The van der Waals surface area contributed by atoms with Gasteiger partial charge in [0.15, 0.2) is 0 Å². The first-order valence-electron chi connectivity index (χ1n) is 6.87. The van der Waals surface area contributed by atoms with Gasteiger partial charge in [-0.15, -0.1) is 0 Å². The molecule has 0 saturated carbocycles. The lowest BCUT2D eigenvalue weighted by Crippen LogP contribution is -2.18. The lowest BCUT2D eigenvalue weighted by Gasteiger charge is -2.18. The molecular formula is C15H17FN2. The third-order valence-corrected chi connectivity index (χ3v) is 4.34. The van der Waals surface area contributed by atoms with Crippen molar-refractivity contribution in [3.63, 3.8) is 0 Å². The largest absolute Gasteiger partial charge is 0.344 e. The molecule has 2 aliphatic heterocycles. The number of hydrogen-bond donors (Lipinski definition) is 1. The molecule has 2 nitrogen and oxygen atoms in total. The van der Waals surface area contributed by atoms with Gasteiger partial charge in [-0.05, 0) is 49.1 Å². The van der Waals surface area contributed by atoms with Gasteiger partial charge >= 0.3 is 0 Å². The molecule has 0 fully saturated rings. The second-order valence-electron chi connectivity index (χ2n) is 5.39. The molecule has 0 amide bonds. The van der Waals surface area contributed by atoms with E-state index in [1.165, 1.54) is 27.7 Å². The topological polar surface area (TPSA) is 17.0 Å². The van der Waals surface area contributed by atoms with Gasteiger partial charge in [0.05, 0.1) is 5.52 Å². The highest BCUT2D eigenvalue weighted by Gasteiger charge is 2.23. The fourth-order valence-corrected chi connectivity index (χ4v) is 3.63. The van der Waals surface area contributed by atoms with Crippen LogP contribution in [0.1, 0.15) is 23.2 Å². The van der Waals surface area contributed by atoms with Crippen molar-refractivity contribution < 1.29 is 4.39 Å². The van der Waals surface area contributed by atoms with Gasteiger partial charge in [-0.2, -0.15) is 0 Å². The standard InChI is InChI=1S/C15H17FN2/c16-11-8-10-2-1-7-18-14-4-6-17-5-3-12(14)13(9-11)15(10)18/h8-9,17H,1-7H2. The second kappa shape index (κ2) is 3.82. The Balaban J connectivity index is 2.10. The molecule has 0 bridgehead atoms. The molecule has 18 heavy (non-hydrogen) atoms. The number of aryl methyl sites for hydroxylation is 2. The van der Waals surface area contributed by atoms with Crippen LogP contribution >= 0.6 is 0 Å². The minimum atomic E-state index is -0.0726. The first kappa shape index (κ1) is 10.6. The number of benzene rings is 1. The van der Waals surface area contributed by atoms with Gasteiger partial charge in [-0.3, -0.25) is 0 Å². The summed E-state index contributed by atoms with van der Waals surface area (Å²) in [6, 6.07) is 3.47. The zero-order valence-corrected chi connectivity index (χ0v) is 10.4. The monoisotopic (exact) mass is 244 g/mol. The second-order valence-corrected chi connectivity index (χ2v) is 5.39. The summed E-state index contributed by atoms with van der Waals surface area (Å²) in [4.78, 5) is 0. The van der Waals surface area contributed by atoms with Crippen LogP contribution in [0.2, 0.25) is 0 Å². The summed E-state index contributed by atoms with van der Waals surface area (Å²) in [7, 11) is 0. The number of nitrogens with one attached hydrogen (secondary N) is 1. The highest BCUT2D eigenvalue weighted by atomic mass is 19.1. The Bertz CT molecular complexity index is 627. The SMILES string of the molecule is Fc1cc2c3c(c1)c1c(n3CCC2)CCNCC1. The average molecular weight is 244 g/mol. The van der Waals surface area contributed by atoms with E-state index in [1.54, 1.807) is 12.1 Å². The molecule has 1 aromatic carbocycles. The van der Waals surface area contributed by atoms with Crippen LogP contribution in [0.3, 0.4) is 0 Å². The van der Waals surface area contributed by atoms with E-state index < -0.39 is 0 Å². The highest BCUT2D eigenvalue weighted by molar-refractivity contribution is 5.89. The van der Waals surface area contributed by atoms with Gasteiger partial charge in [-0.25, -0.2) is 4.39 Å². The molecule has 1 aromatic heterocycles. The van der Waals surface area contributed by atoms with E-state index in [9.17, 15) is 4.39 Å². The molecule has 0 spiro atoms. The van der Waals surface area contributed by atoms with Gasteiger partial charge in [0.2, 0.25) is 0 Å². The van der Waals surface area contributed by atoms with Crippen LogP contribution in [0.15, 0.2) is 12.1 Å². The van der Waals surface area contributed by atoms with Crippen molar-refractivity contribution in [1.29, 1.82) is 0 Å². The van der Waals surface area contributed by atoms with Crippen LogP contribution < -0.4 is 5.32 Å². The maximum atomic E-state index is 13.8. The van der Waals surface area contributed by atoms with Crippen molar-refractivity contribution in [3.05, 3.63) is 34.8 Å². The minimum Gasteiger partial charge on any atom is -0.344 e. The van der Waals surface area contributed by atoms with E-state index in [2.05, 4.69) is 9.88 Å². The van der Waals surface area contributed by atoms with Crippen LogP contribution in [0.4, 0.5) is 4.39 Å². The molecule has 3 heterocycles. The maximum absolute atomic E-state index is 13.8. The van der Waals surface area contributed by atoms with Crippen molar-refractivity contribution in [2.45, 2.75) is 32.2 Å². The summed E-state index contributed by atoms with van der Waals surface area (Å²) in [5.74, 6) is -0.0726. The summed E-state index contributed by atoms with van der Waals surface area (Å²) in [6.45, 7) is 3.16. The highest BCUT2D eigenvalue weighted by Crippen LogP contribution is 2.34. The number of rotatable bonds is 0. The van der Waals surface area contributed by atoms with Gasteiger partial charge in [-0.1, -0.05) is 0 Å². The quantitative estimate of drug-likeness (QED) is 0.753. The van der Waals surface area contributed by atoms with Gasteiger partial charge < -0.3 is 9.88 Å². The van der Waals surface area contributed by atoms with E-state index in [0.29, 0.717) is 0 Å². The molecule has 2 aromatic rings. The lowest BCUT2D eigenvalue weighted by atomic mass is 10.0. The fourth-order valence-electron chi connectivity index (χ4n) is 3.63. The Morgan fingerprint density at radius 3 is 2.94 bits per heavy atom. The Kier molecular flexibility index (Phi) is 2.24. The number of hydrogen-bond acceptors (Lipinski definition) is 1. The smallest absolute Gasteiger partial charge is 0.124 e. The van der Waals surface area contributed by atoms with E-state index in [1.807, 2.05) is 0 Å². The van der Waals surface area contributed by atoms with Crippen LogP contribution in [0, 0.1) is 5.82 Å².